The molecule has 1 atom stereocenters. The van der Waals surface area contributed by atoms with Crippen LogP contribution in [0, 0.1) is 0 Å². The van der Waals surface area contributed by atoms with Gasteiger partial charge >= 0.3 is 0 Å². The number of guanidine groups is 1. The van der Waals surface area contributed by atoms with Crippen LogP contribution in [0.15, 0.2) is 29.3 Å². The van der Waals surface area contributed by atoms with Gasteiger partial charge in [-0.25, -0.2) is 0 Å². The minimum absolute atomic E-state index is 0. The number of hydrogen-bond acceptors (Lipinski definition) is 4. The number of rotatable bonds is 7. The Bertz CT molecular complexity index is 715. The summed E-state index contributed by atoms with van der Waals surface area (Å²) in [7, 11) is 1.88. The van der Waals surface area contributed by atoms with Crippen LogP contribution >= 0.6 is 24.0 Å². The van der Waals surface area contributed by atoms with Gasteiger partial charge in [0.25, 0.3) is 0 Å². The fourth-order valence-corrected chi connectivity index (χ4v) is 5.55. The van der Waals surface area contributed by atoms with Crippen molar-refractivity contribution in [3.8, 4) is 5.75 Å². The van der Waals surface area contributed by atoms with E-state index in [0.717, 1.165) is 56.9 Å². The zero-order valence-corrected chi connectivity index (χ0v) is 22.1. The zero-order chi connectivity index (χ0) is 21.5. The summed E-state index contributed by atoms with van der Waals surface area (Å²) >= 11 is 0. The normalized spacial score (nSPS) is 24.2. The van der Waals surface area contributed by atoms with Gasteiger partial charge < -0.3 is 20.1 Å². The third-order valence-corrected chi connectivity index (χ3v) is 7.45. The first kappa shape index (κ1) is 25.6. The van der Waals surface area contributed by atoms with E-state index in [1.165, 1.54) is 44.2 Å². The Balaban J connectivity index is 0.00000289. The van der Waals surface area contributed by atoms with Gasteiger partial charge in [-0.05, 0) is 56.7 Å². The average molecular weight is 557 g/mol. The summed E-state index contributed by atoms with van der Waals surface area (Å²) in [6.07, 6.45) is 8.81. The third kappa shape index (κ3) is 6.29. The molecule has 2 N–H and O–H groups in total. The molecule has 1 saturated carbocycles. The molecule has 0 aromatic heterocycles. The molecule has 6 nitrogen and oxygen atoms in total. The topological polar surface area (TPSA) is 58.1 Å². The van der Waals surface area contributed by atoms with Crippen LogP contribution < -0.4 is 15.4 Å². The molecule has 32 heavy (non-hydrogen) atoms. The van der Waals surface area contributed by atoms with Crippen molar-refractivity contribution >= 4 is 29.9 Å². The number of halogens is 1. The van der Waals surface area contributed by atoms with E-state index in [1.54, 1.807) is 0 Å². The van der Waals surface area contributed by atoms with Crippen molar-refractivity contribution in [3.05, 3.63) is 29.8 Å². The van der Waals surface area contributed by atoms with Crippen molar-refractivity contribution in [2.45, 2.75) is 69.4 Å². The van der Waals surface area contributed by atoms with E-state index in [2.05, 4.69) is 44.8 Å². The number of nitrogens with zero attached hydrogens (tertiary/aromatic N) is 2. The van der Waals surface area contributed by atoms with Crippen LogP contribution in [0.2, 0.25) is 0 Å². The summed E-state index contributed by atoms with van der Waals surface area (Å²) in [6, 6.07) is 9.95. The molecule has 3 aliphatic rings. The molecule has 4 rings (SSSR count). The van der Waals surface area contributed by atoms with Gasteiger partial charge in [0.1, 0.15) is 5.75 Å². The third-order valence-electron chi connectivity index (χ3n) is 7.45. The highest BCUT2D eigenvalue weighted by atomic mass is 127. The molecule has 180 valence electrons. The molecule has 7 heteroatoms. The van der Waals surface area contributed by atoms with Crippen LogP contribution in [-0.4, -0.2) is 69.4 Å². The number of likely N-dealkylation sites (tertiary alicyclic amines) is 1. The highest BCUT2D eigenvalue weighted by Gasteiger charge is 2.35. The zero-order valence-electron chi connectivity index (χ0n) is 19.8. The van der Waals surface area contributed by atoms with E-state index in [4.69, 9.17) is 9.47 Å². The van der Waals surface area contributed by atoms with E-state index in [1.807, 2.05) is 14.0 Å². The lowest BCUT2D eigenvalue weighted by atomic mass is 9.74. The number of aliphatic imine (C=N–C) groups is 1. The lowest BCUT2D eigenvalue weighted by Crippen LogP contribution is -2.50. The van der Waals surface area contributed by atoms with Gasteiger partial charge in [-0.3, -0.25) is 9.89 Å². The van der Waals surface area contributed by atoms with E-state index < -0.39 is 0 Å². The van der Waals surface area contributed by atoms with Crippen molar-refractivity contribution in [2.24, 2.45) is 4.99 Å². The Morgan fingerprint density at radius 3 is 2.53 bits per heavy atom. The first-order chi connectivity index (χ1) is 15.2. The molecule has 0 bridgehead atoms. The summed E-state index contributed by atoms with van der Waals surface area (Å²) in [5, 5.41) is 7.36. The number of benzene rings is 1. The first-order valence-electron chi connectivity index (χ1n) is 12.2. The van der Waals surface area contributed by atoms with Gasteiger partial charge in [-0.15, -0.1) is 24.0 Å². The summed E-state index contributed by atoms with van der Waals surface area (Å²) in [5.41, 5.74) is 1.42. The predicted octanol–water partition coefficient (Wildman–Crippen LogP) is 3.93. The molecular formula is C25H41IN4O2. The summed E-state index contributed by atoms with van der Waals surface area (Å²) in [6.45, 7) is 7.55. The Hall–Kier alpha value is -1.06. The quantitative estimate of drug-likeness (QED) is 0.303. The second-order valence-corrected chi connectivity index (χ2v) is 9.34. The van der Waals surface area contributed by atoms with Crippen molar-refractivity contribution in [2.75, 3.05) is 46.5 Å². The Morgan fingerprint density at radius 1 is 1.16 bits per heavy atom. The van der Waals surface area contributed by atoms with Crippen molar-refractivity contribution in [1.29, 1.82) is 0 Å². The van der Waals surface area contributed by atoms with Gasteiger partial charge in [0.15, 0.2) is 5.96 Å². The number of ether oxygens (including phenoxy) is 2. The monoisotopic (exact) mass is 556 g/mol. The predicted molar refractivity (Wildman–Crippen MR) is 141 cm³/mol. The summed E-state index contributed by atoms with van der Waals surface area (Å²) in [5.74, 6) is 1.86. The fourth-order valence-electron chi connectivity index (χ4n) is 5.55. The molecular weight excluding hydrogens is 515 g/mol. The van der Waals surface area contributed by atoms with Crippen LogP contribution in [0.1, 0.15) is 57.4 Å². The summed E-state index contributed by atoms with van der Waals surface area (Å²) in [4.78, 5) is 7.24. The Kier molecular flexibility index (Phi) is 9.92. The smallest absolute Gasteiger partial charge is 0.191 e. The second-order valence-electron chi connectivity index (χ2n) is 9.34. The Labute approximate surface area is 210 Å². The maximum absolute atomic E-state index is 5.71. The maximum Gasteiger partial charge on any atom is 0.191 e. The molecule has 0 amide bonds. The minimum atomic E-state index is 0. The highest BCUT2D eigenvalue weighted by Crippen LogP contribution is 2.35. The fraction of sp³-hybridized carbons (Fsp3) is 0.720. The average Bonchev–Trinajstić information content (AvgIpc) is 3.50. The van der Waals surface area contributed by atoms with Gasteiger partial charge in [-0.1, -0.05) is 25.0 Å². The first-order valence-corrected chi connectivity index (χ1v) is 12.2. The number of hydrogen-bond donors (Lipinski definition) is 2. The standard InChI is InChI=1S/C25H40N4O2.HI/c1-3-31-23-10-8-20(9-11-23)25(13-16-30-17-14-25)19-27-24(26-2)28-21-12-15-29(18-21)22-6-4-5-7-22;/h8-11,21-22H,3-7,12-19H2,1-2H3,(H2,26,27,28);1H. The van der Waals surface area contributed by atoms with Crippen LogP contribution in [0.3, 0.4) is 0 Å². The van der Waals surface area contributed by atoms with Crippen LogP contribution in [0.5, 0.6) is 5.75 Å². The van der Waals surface area contributed by atoms with Crippen molar-refractivity contribution in [3.63, 3.8) is 0 Å². The molecule has 2 saturated heterocycles. The van der Waals surface area contributed by atoms with Crippen LogP contribution in [0.25, 0.3) is 0 Å². The largest absolute Gasteiger partial charge is 0.494 e. The molecule has 0 spiro atoms. The molecule has 1 aromatic carbocycles. The molecule has 0 radical (unpaired) electrons. The molecule has 3 fully saturated rings. The minimum Gasteiger partial charge on any atom is -0.494 e. The highest BCUT2D eigenvalue weighted by molar-refractivity contribution is 14.0. The molecule has 2 heterocycles. The van der Waals surface area contributed by atoms with E-state index in [9.17, 15) is 0 Å². The van der Waals surface area contributed by atoms with Crippen molar-refractivity contribution < 1.29 is 9.47 Å². The SMILES string of the molecule is CCOc1ccc(C2(CNC(=NC)NC3CCN(C4CCCC4)C3)CCOCC2)cc1.I. The van der Waals surface area contributed by atoms with Gasteiger partial charge in [0.2, 0.25) is 0 Å². The lowest BCUT2D eigenvalue weighted by molar-refractivity contribution is 0.0513. The summed E-state index contributed by atoms with van der Waals surface area (Å²) < 4.78 is 11.3. The van der Waals surface area contributed by atoms with Gasteiger partial charge in [0.05, 0.1) is 6.61 Å². The molecule has 1 aromatic rings. The van der Waals surface area contributed by atoms with E-state index in [-0.39, 0.29) is 29.4 Å². The van der Waals surface area contributed by atoms with E-state index >= 15 is 0 Å². The van der Waals surface area contributed by atoms with Crippen molar-refractivity contribution in [1.82, 2.24) is 15.5 Å². The van der Waals surface area contributed by atoms with E-state index in [0.29, 0.717) is 12.6 Å². The lowest BCUT2D eigenvalue weighted by Gasteiger charge is -2.38. The Morgan fingerprint density at radius 2 is 1.88 bits per heavy atom. The maximum atomic E-state index is 5.71. The molecule has 1 aliphatic carbocycles. The van der Waals surface area contributed by atoms with Crippen LogP contribution in [-0.2, 0) is 10.2 Å². The number of nitrogens with one attached hydrogen (secondary N) is 2. The molecule has 2 aliphatic heterocycles. The molecule has 1 unspecified atom stereocenters. The van der Waals surface area contributed by atoms with Gasteiger partial charge in [0, 0.05) is 57.4 Å². The van der Waals surface area contributed by atoms with Gasteiger partial charge in [-0.2, -0.15) is 0 Å². The second kappa shape index (κ2) is 12.4. The van der Waals surface area contributed by atoms with Crippen LogP contribution in [0.4, 0.5) is 0 Å².